The number of hydrogen-bond acceptors (Lipinski definition) is 5. The normalized spacial score (nSPS) is 11.7. The van der Waals surface area contributed by atoms with E-state index in [2.05, 4.69) is 19.7 Å². The third-order valence-corrected chi connectivity index (χ3v) is 6.20. The molecule has 126 valence electrons. The van der Waals surface area contributed by atoms with E-state index in [-0.39, 0.29) is 5.03 Å². The summed E-state index contributed by atoms with van der Waals surface area (Å²) in [4.78, 5) is 10.8. The lowest BCUT2D eigenvalue weighted by Crippen LogP contribution is -2.13. The molecule has 2 N–H and O–H groups in total. The Morgan fingerprint density at radius 3 is 2.72 bits per heavy atom. The molecule has 2 heterocycles. The monoisotopic (exact) mass is 390 g/mol. The average Bonchev–Trinajstić information content (AvgIpc) is 3.24. The summed E-state index contributed by atoms with van der Waals surface area (Å²) in [7, 11) is -3.72. The number of sulfonamides is 1. The molecular formula is C16H11ClN4O2S2. The number of nitrogens with one attached hydrogen (secondary N) is 2. The average molecular weight is 391 g/mol. The largest absolute Gasteiger partial charge is 0.334 e. The van der Waals surface area contributed by atoms with Crippen molar-refractivity contribution >= 4 is 48.9 Å². The Bertz CT molecular complexity index is 1120. The quantitative estimate of drug-likeness (QED) is 0.548. The van der Waals surface area contributed by atoms with Crippen LogP contribution in [0.15, 0.2) is 60.0 Å². The number of benzene rings is 2. The van der Waals surface area contributed by atoms with Crippen LogP contribution in [0.4, 0.5) is 5.69 Å². The van der Waals surface area contributed by atoms with Gasteiger partial charge in [-0.2, -0.15) is 8.42 Å². The number of aromatic amines is 1. The van der Waals surface area contributed by atoms with Crippen LogP contribution in [0.5, 0.6) is 0 Å². The Morgan fingerprint density at radius 1 is 1.16 bits per heavy atom. The Morgan fingerprint density at radius 2 is 2.00 bits per heavy atom. The Hall–Kier alpha value is -2.42. The second kappa shape index (κ2) is 6.14. The van der Waals surface area contributed by atoms with Gasteiger partial charge >= 0.3 is 0 Å². The minimum absolute atomic E-state index is 0.0149. The Kier molecular flexibility index (Phi) is 3.95. The van der Waals surface area contributed by atoms with Crippen molar-refractivity contribution in [2.24, 2.45) is 0 Å². The molecule has 4 aromatic rings. The molecule has 0 saturated carbocycles. The van der Waals surface area contributed by atoms with E-state index in [4.69, 9.17) is 11.6 Å². The van der Waals surface area contributed by atoms with Gasteiger partial charge in [0.15, 0.2) is 5.03 Å². The summed E-state index contributed by atoms with van der Waals surface area (Å²) >= 11 is 7.89. The second-order valence-corrected chi connectivity index (χ2v) is 8.29. The molecule has 6 nitrogen and oxygen atoms in total. The van der Waals surface area contributed by atoms with Gasteiger partial charge in [-0.3, -0.25) is 4.72 Å². The van der Waals surface area contributed by atoms with Crippen LogP contribution in [0.25, 0.3) is 20.8 Å². The van der Waals surface area contributed by atoms with Gasteiger partial charge in [0.25, 0.3) is 10.0 Å². The van der Waals surface area contributed by atoms with Gasteiger partial charge in [-0.1, -0.05) is 23.7 Å². The van der Waals surface area contributed by atoms with E-state index < -0.39 is 10.0 Å². The van der Waals surface area contributed by atoms with Crippen molar-refractivity contribution in [1.82, 2.24) is 15.0 Å². The van der Waals surface area contributed by atoms with E-state index in [0.29, 0.717) is 10.7 Å². The molecule has 0 spiro atoms. The van der Waals surface area contributed by atoms with Gasteiger partial charge in [0, 0.05) is 5.56 Å². The number of nitrogens with zero attached hydrogens (tertiary/aromatic N) is 2. The van der Waals surface area contributed by atoms with E-state index in [9.17, 15) is 8.42 Å². The summed E-state index contributed by atoms with van der Waals surface area (Å²) in [5.41, 5.74) is 2.03. The first-order chi connectivity index (χ1) is 12.0. The maximum Gasteiger partial charge on any atom is 0.278 e. The highest BCUT2D eigenvalue weighted by Crippen LogP contribution is 2.35. The molecule has 25 heavy (non-hydrogen) atoms. The molecule has 0 saturated heterocycles. The Labute approximate surface area is 152 Å². The summed E-state index contributed by atoms with van der Waals surface area (Å²) < 4.78 is 28.0. The first-order valence-electron chi connectivity index (χ1n) is 7.20. The molecule has 2 aromatic heterocycles. The number of para-hydroxylation sites is 1. The molecule has 0 bridgehead atoms. The number of H-pyrrole nitrogens is 1. The third-order valence-electron chi connectivity index (χ3n) is 3.51. The number of thiazole rings is 1. The number of imidazole rings is 1. The minimum Gasteiger partial charge on any atom is -0.334 e. The molecule has 9 heteroatoms. The summed E-state index contributed by atoms with van der Waals surface area (Å²) in [6.45, 7) is 0. The predicted molar refractivity (Wildman–Crippen MR) is 99.5 cm³/mol. The van der Waals surface area contributed by atoms with Gasteiger partial charge in [0.2, 0.25) is 0 Å². The molecular weight excluding hydrogens is 380 g/mol. The van der Waals surface area contributed by atoms with E-state index >= 15 is 0 Å². The molecule has 0 radical (unpaired) electrons. The maximum atomic E-state index is 12.2. The molecule has 2 aromatic carbocycles. The van der Waals surface area contributed by atoms with Crippen LogP contribution < -0.4 is 4.72 Å². The van der Waals surface area contributed by atoms with Crippen LogP contribution in [0.2, 0.25) is 5.02 Å². The van der Waals surface area contributed by atoms with Gasteiger partial charge in [-0.15, -0.1) is 11.3 Å². The summed E-state index contributed by atoms with van der Waals surface area (Å²) in [6, 6.07) is 12.8. The predicted octanol–water partition coefficient (Wildman–Crippen LogP) is 4.14. The van der Waals surface area contributed by atoms with Crippen molar-refractivity contribution < 1.29 is 8.42 Å². The van der Waals surface area contributed by atoms with Crippen LogP contribution in [-0.4, -0.2) is 23.4 Å². The first kappa shape index (κ1) is 16.1. The van der Waals surface area contributed by atoms with Crippen molar-refractivity contribution in [1.29, 1.82) is 0 Å². The van der Waals surface area contributed by atoms with E-state index in [1.165, 1.54) is 23.9 Å². The van der Waals surface area contributed by atoms with Gasteiger partial charge in [0.05, 0.1) is 33.5 Å². The molecule has 0 aliphatic carbocycles. The van der Waals surface area contributed by atoms with Gasteiger partial charge < -0.3 is 4.98 Å². The number of aromatic nitrogens is 3. The smallest absolute Gasteiger partial charge is 0.278 e. The summed E-state index contributed by atoms with van der Waals surface area (Å²) in [6.07, 6.45) is 2.54. The topological polar surface area (TPSA) is 87.7 Å². The van der Waals surface area contributed by atoms with Gasteiger partial charge in [-0.05, 0) is 30.3 Å². The third kappa shape index (κ3) is 3.11. The number of rotatable bonds is 4. The molecule has 0 atom stereocenters. The number of anilines is 1. The zero-order valence-corrected chi connectivity index (χ0v) is 15.0. The van der Waals surface area contributed by atoms with E-state index in [1.54, 1.807) is 18.2 Å². The lowest BCUT2D eigenvalue weighted by Gasteiger charge is -2.08. The standard InChI is InChI=1S/C16H11ClN4O2S2/c17-12-7-10(21-25(22,23)15-8-18-9-19-15)5-6-11(12)16-20-13-3-1-2-4-14(13)24-16/h1-9,21H,(H,18,19). The van der Waals surface area contributed by atoms with Crippen molar-refractivity contribution in [3.8, 4) is 10.6 Å². The van der Waals surface area contributed by atoms with Crippen molar-refractivity contribution in [2.45, 2.75) is 5.03 Å². The van der Waals surface area contributed by atoms with Crippen LogP contribution in [0.3, 0.4) is 0 Å². The number of halogens is 1. The van der Waals surface area contributed by atoms with Gasteiger partial charge in [0.1, 0.15) is 5.01 Å². The van der Waals surface area contributed by atoms with Crippen molar-refractivity contribution in [3.05, 3.63) is 60.0 Å². The second-order valence-electron chi connectivity index (χ2n) is 5.20. The SMILES string of the molecule is O=S(=O)(Nc1ccc(-c2nc3ccccc3s2)c(Cl)c1)c1cnc[nH]1. The minimum atomic E-state index is -3.72. The molecule has 0 aliphatic heterocycles. The molecule has 4 rings (SSSR count). The fourth-order valence-electron chi connectivity index (χ4n) is 2.34. The van der Waals surface area contributed by atoms with E-state index in [0.717, 1.165) is 20.8 Å². The van der Waals surface area contributed by atoms with Crippen LogP contribution in [0, 0.1) is 0 Å². The summed E-state index contributed by atoms with van der Waals surface area (Å²) in [5, 5.41) is 1.19. The molecule has 0 aliphatic rings. The zero-order valence-electron chi connectivity index (χ0n) is 12.6. The highest BCUT2D eigenvalue weighted by Gasteiger charge is 2.17. The van der Waals surface area contributed by atoms with E-state index in [1.807, 2.05) is 24.3 Å². The van der Waals surface area contributed by atoms with Crippen LogP contribution in [0.1, 0.15) is 0 Å². The number of fused-ring (bicyclic) bond motifs is 1. The fraction of sp³-hybridized carbons (Fsp3) is 0. The van der Waals surface area contributed by atoms with Crippen LogP contribution in [-0.2, 0) is 10.0 Å². The first-order valence-corrected chi connectivity index (χ1v) is 9.87. The highest BCUT2D eigenvalue weighted by molar-refractivity contribution is 7.92. The number of hydrogen-bond donors (Lipinski definition) is 2. The van der Waals surface area contributed by atoms with Crippen molar-refractivity contribution in [3.63, 3.8) is 0 Å². The zero-order chi connectivity index (χ0) is 17.4. The van der Waals surface area contributed by atoms with Crippen molar-refractivity contribution in [2.75, 3.05) is 4.72 Å². The molecule has 0 amide bonds. The lowest BCUT2D eigenvalue weighted by atomic mass is 10.2. The summed E-state index contributed by atoms with van der Waals surface area (Å²) in [5.74, 6) is 0. The highest BCUT2D eigenvalue weighted by atomic mass is 35.5. The Balaban J connectivity index is 1.67. The molecule has 0 unspecified atom stereocenters. The lowest BCUT2D eigenvalue weighted by molar-refractivity contribution is 0.598. The molecule has 0 fully saturated rings. The fourth-order valence-corrected chi connectivity index (χ4v) is 4.63. The van der Waals surface area contributed by atoms with Gasteiger partial charge in [-0.25, -0.2) is 9.97 Å². The maximum absolute atomic E-state index is 12.2. The van der Waals surface area contributed by atoms with Crippen LogP contribution >= 0.6 is 22.9 Å².